The van der Waals surface area contributed by atoms with E-state index in [0.29, 0.717) is 29.4 Å². The van der Waals surface area contributed by atoms with Gasteiger partial charge in [0.05, 0.1) is 26.4 Å². The summed E-state index contributed by atoms with van der Waals surface area (Å²) in [6.45, 7) is 5.89. The fourth-order valence-corrected chi connectivity index (χ4v) is 2.89. The van der Waals surface area contributed by atoms with Crippen molar-refractivity contribution in [3.8, 4) is 11.5 Å². The van der Waals surface area contributed by atoms with Crippen molar-refractivity contribution in [2.45, 2.75) is 33.6 Å². The third-order valence-electron chi connectivity index (χ3n) is 4.52. The van der Waals surface area contributed by atoms with Crippen molar-refractivity contribution in [3.63, 3.8) is 0 Å². The molecule has 0 aliphatic heterocycles. The molecule has 0 aliphatic carbocycles. The van der Waals surface area contributed by atoms with Crippen molar-refractivity contribution in [2.75, 3.05) is 20.8 Å². The lowest BCUT2D eigenvalue weighted by Gasteiger charge is -2.12. The molecular formula is C21H27N3O6. The van der Waals surface area contributed by atoms with Crippen LogP contribution in [0.15, 0.2) is 18.2 Å². The molecule has 2 rings (SSSR count). The fourth-order valence-electron chi connectivity index (χ4n) is 2.89. The van der Waals surface area contributed by atoms with Crippen molar-refractivity contribution in [3.05, 3.63) is 46.3 Å². The van der Waals surface area contributed by atoms with Crippen LogP contribution in [0.4, 0.5) is 0 Å². The molecule has 2 aromatic rings. The van der Waals surface area contributed by atoms with Crippen LogP contribution >= 0.6 is 0 Å². The first-order valence-electron chi connectivity index (χ1n) is 9.53. The number of amides is 2. The van der Waals surface area contributed by atoms with Gasteiger partial charge in [0, 0.05) is 11.3 Å². The summed E-state index contributed by atoms with van der Waals surface area (Å²) in [4.78, 5) is 39.6. The number of carbonyl (C=O) groups is 3. The SMILES string of the molecule is CCCCOc1ccc(C(=O)NNC(=O)c2[nH]c(C)c(C(=O)OC)c2C)cc1OC. The average Bonchev–Trinajstić information content (AvgIpc) is 3.05. The second-order valence-electron chi connectivity index (χ2n) is 6.59. The Hall–Kier alpha value is -3.49. The van der Waals surface area contributed by atoms with Gasteiger partial charge in [0.1, 0.15) is 5.69 Å². The highest BCUT2D eigenvalue weighted by Crippen LogP contribution is 2.28. The summed E-state index contributed by atoms with van der Waals surface area (Å²) in [5.74, 6) is -0.706. The van der Waals surface area contributed by atoms with E-state index < -0.39 is 17.8 Å². The Labute approximate surface area is 175 Å². The summed E-state index contributed by atoms with van der Waals surface area (Å²) in [5.41, 5.74) is 6.34. The van der Waals surface area contributed by atoms with E-state index in [0.717, 1.165) is 12.8 Å². The second kappa shape index (κ2) is 10.3. The molecular weight excluding hydrogens is 390 g/mol. The maximum atomic E-state index is 12.4. The molecule has 162 valence electrons. The molecule has 0 fully saturated rings. The summed E-state index contributed by atoms with van der Waals surface area (Å²) in [7, 11) is 2.75. The van der Waals surface area contributed by atoms with E-state index >= 15 is 0 Å². The predicted molar refractivity (Wildman–Crippen MR) is 110 cm³/mol. The highest BCUT2D eigenvalue weighted by Gasteiger charge is 2.23. The number of hydrazine groups is 1. The first-order valence-corrected chi connectivity index (χ1v) is 9.53. The highest BCUT2D eigenvalue weighted by molar-refractivity contribution is 6.02. The summed E-state index contributed by atoms with van der Waals surface area (Å²) in [6.07, 6.45) is 1.91. The Kier molecular flexibility index (Phi) is 7.85. The molecule has 9 nitrogen and oxygen atoms in total. The zero-order chi connectivity index (χ0) is 22.3. The van der Waals surface area contributed by atoms with E-state index in [2.05, 4.69) is 22.8 Å². The number of methoxy groups -OCH3 is 2. The molecule has 0 atom stereocenters. The first kappa shape index (κ1) is 22.8. The quantitative estimate of drug-likeness (QED) is 0.345. The van der Waals surface area contributed by atoms with Gasteiger partial charge in [-0.25, -0.2) is 4.79 Å². The average molecular weight is 417 g/mol. The lowest BCUT2D eigenvalue weighted by molar-refractivity contribution is 0.0599. The maximum Gasteiger partial charge on any atom is 0.339 e. The number of hydrogen-bond donors (Lipinski definition) is 3. The standard InChI is InChI=1S/C21H27N3O6/c1-6-7-10-30-15-9-8-14(11-16(15)28-4)19(25)23-24-20(26)18-12(2)17(13(3)22-18)21(27)29-5/h8-9,11,22H,6-7,10H2,1-5H3,(H,23,25)(H,24,26). The number of carbonyl (C=O) groups excluding carboxylic acids is 3. The number of benzene rings is 1. The van der Waals surface area contributed by atoms with Gasteiger partial charge in [-0.2, -0.15) is 0 Å². The minimum absolute atomic E-state index is 0.158. The van der Waals surface area contributed by atoms with Crippen LogP contribution in [0.5, 0.6) is 11.5 Å². The van der Waals surface area contributed by atoms with Crippen LogP contribution in [-0.4, -0.2) is 43.6 Å². The number of hydrogen-bond acceptors (Lipinski definition) is 6. The van der Waals surface area contributed by atoms with E-state index in [1.165, 1.54) is 20.3 Å². The molecule has 0 unspecified atom stereocenters. The number of nitrogens with one attached hydrogen (secondary N) is 3. The molecule has 0 bridgehead atoms. The Bertz CT molecular complexity index is 935. The number of aromatic nitrogens is 1. The molecule has 2 amide bonds. The maximum absolute atomic E-state index is 12.4. The van der Waals surface area contributed by atoms with E-state index in [1.54, 1.807) is 26.0 Å². The van der Waals surface area contributed by atoms with E-state index in [4.69, 9.17) is 14.2 Å². The zero-order valence-electron chi connectivity index (χ0n) is 17.8. The number of H-pyrrole nitrogens is 1. The van der Waals surface area contributed by atoms with Crippen molar-refractivity contribution in [1.82, 2.24) is 15.8 Å². The van der Waals surface area contributed by atoms with E-state index in [9.17, 15) is 14.4 Å². The summed E-state index contributed by atoms with van der Waals surface area (Å²) < 4.78 is 15.7. The van der Waals surface area contributed by atoms with E-state index in [1.807, 2.05) is 0 Å². The zero-order valence-corrected chi connectivity index (χ0v) is 17.8. The molecule has 0 aliphatic rings. The van der Waals surface area contributed by atoms with Gasteiger partial charge < -0.3 is 19.2 Å². The highest BCUT2D eigenvalue weighted by atomic mass is 16.5. The number of aromatic amines is 1. The third-order valence-corrected chi connectivity index (χ3v) is 4.52. The van der Waals surface area contributed by atoms with Gasteiger partial charge in [0.15, 0.2) is 11.5 Å². The van der Waals surface area contributed by atoms with Crippen LogP contribution in [0.1, 0.15) is 62.2 Å². The molecule has 1 aromatic carbocycles. The van der Waals surface area contributed by atoms with Crippen LogP contribution in [-0.2, 0) is 4.74 Å². The third kappa shape index (κ3) is 5.11. The Balaban J connectivity index is 2.07. The molecule has 0 saturated carbocycles. The monoisotopic (exact) mass is 417 g/mol. The lowest BCUT2D eigenvalue weighted by Crippen LogP contribution is -2.42. The minimum atomic E-state index is -0.592. The topological polar surface area (TPSA) is 119 Å². The van der Waals surface area contributed by atoms with Crippen LogP contribution < -0.4 is 20.3 Å². The summed E-state index contributed by atoms with van der Waals surface area (Å²) in [5, 5.41) is 0. The molecule has 1 aromatic heterocycles. The number of unbranched alkanes of at least 4 members (excludes halogenated alkanes) is 1. The molecule has 0 saturated heterocycles. The molecule has 9 heteroatoms. The minimum Gasteiger partial charge on any atom is -0.493 e. The van der Waals surface area contributed by atoms with Gasteiger partial charge in [-0.05, 0) is 44.0 Å². The van der Waals surface area contributed by atoms with Crippen molar-refractivity contribution in [1.29, 1.82) is 0 Å². The van der Waals surface area contributed by atoms with Gasteiger partial charge in [-0.1, -0.05) is 13.3 Å². The molecule has 1 heterocycles. The number of aryl methyl sites for hydroxylation is 1. The Morgan fingerprint density at radius 1 is 1.03 bits per heavy atom. The number of ether oxygens (including phenoxy) is 3. The van der Waals surface area contributed by atoms with Crippen LogP contribution in [0, 0.1) is 13.8 Å². The molecule has 3 N–H and O–H groups in total. The molecule has 30 heavy (non-hydrogen) atoms. The largest absolute Gasteiger partial charge is 0.493 e. The lowest BCUT2D eigenvalue weighted by atomic mass is 10.1. The van der Waals surface area contributed by atoms with Gasteiger partial charge in [0.25, 0.3) is 11.8 Å². The summed E-state index contributed by atoms with van der Waals surface area (Å²) in [6, 6.07) is 4.75. The van der Waals surface area contributed by atoms with Crippen LogP contribution in [0.2, 0.25) is 0 Å². The molecule has 0 spiro atoms. The van der Waals surface area contributed by atoms with Crippen LogP contribution in [0.3, 0.4) is 0 Å². The normalized spacial score (nSPS) is 10.3. The smallest absolute Gasteiger partial charge is 0.339 e. The Morgan fingerprint density at radius 2 is 1.73 bits per heavy atom. The molecule has 0 radical (unpaired) electrons. The van der Waals surface area contributed by atoms with Crippen molar-refractivity contribution >= 4 is 17.8 Å². The van der Waals surface area contributed by atoms with Crippen molar-refractivity contribution < 1.29 is 28.6 Å². The van der Waals surface area contributed by atoms with Gasteiger partial charge >= 0.3 is 5.97 Å². The van der Waals surface area contributed by atoms with Crippen LogP contribution in [0.25, 0.3) is 0 Å². The number of esters is 1. The van der Waals surface area contributed by atoms with Gasteiger partial charge in [0.2, 0.25) is 0 Å². The van der Waals surface area contributed by atoms with Gasteiger partial charge in [-0.3, -0.25) is 20.4 Å². The Morgan fingerprint density at radius 3 is 2.37 bits per heavy atom. The number of rotatable bonds is 8. The summed E-state index contributed by atoms with van der Waals surface area (Å²) >= 11 is 0. The first-order chi connectivity index (χ1) is 14.3. The van der Waals surface area contributed by atoms with E-state index in [-0.39, 0.29) is 16.8 Å². The fraction of sp³-hybridized carbons (Fsp3) is 0.381. The van der Waals surface area contributed by atoms with Crippen molar-refractivity contribution in [2.24, 2.45) is 0 Å². The van der Waals surface area contributed by atoms with Gasteiger partial charge in [-0.15, -0.1) is 0 Å². The predicted octanol–water partition coefficient (Wildman–Crippen LogP) is 2.68. The second-order valence-corrected chi connectivity index (χ2v) is 6.59.